The van der Waals surface area contributed by atoms with Crippen LogP contribution in [-0.4, -0.2) is 52.0 Å². The molecule has 8 nitrogen and oxygen atoms in total. The van der Waals surface area contributed by atoms with Gasteiger partial charge in [0, 0.05) is 19.2 Å². The van der Waals surface area contributed by atoms with Gasteiger partial charge in [-0.3, -0.25) is 0 Å². The van der Waals surface area contributed by atoms with Crippen LogP contribution in [0.25, 0.3) is 0 Å². The minimum Gasteiger partial charge on any atom is -0.491 e. The molecule has 0 aliphatic carbocycles. The van der Waals surface area contributed by atoms with Crippen LogP contribution in [0, 0.1) is 0 Å². The van der Waals surface area contributed by atoms with Crippen LogP contribution in [0.1, 0.15) is 23.5 Å². The molecule has 3 heterocycles. The molecule has 8 heteroatoms. The van der Waals surface area contributed by atoms with Gasteiger partial charge in [-0.2, -0.15) is 0 Å². The summed E-state index contributed by atoms with van der Waals surface area (Å²) in [4.78, 5) is 14.4. The van der Waals surface area contributed by atoms with Crippen LogP contribution in [0.4, 0.5) is 4.79 Å². The first-order valence-corrected chi connectivity index (χ1v) is 7.95. The number of ether oxygens (including phenoxy) is 2. The summed E-state index contributed by atoms with van der Waals surface area (Å²) < 4.78 is 13.2. The molecule has 1 aromatic carbocycles. The average Bonchev–Trinajstić information content (AvgIpc) is 3.22. The fourth-order valence-electron chi connectivity index (χ4n) is 3.10. The quantitative estimate of drug-likeness (QED) is 0.890. The number of para-hydroxylation sites is 1. The summed E-state index contributed by atoms with van der Waals surface area (Å²) in [5.41, 5.74) is 1.02. The van der Waals surface area contributed by atoms with Crippen molar-refractivity contribution in [2.24, 2.45) is 7.05 Å². The molecule has 2 aromatic rings. The zero-order valence-corrected chi connectivity index (χ0v) is 13.4. The number of aromatic nitrogens is 3. The summed E-state index contributed by atoms with van der Waals surface area (Å²) in [5.74, 6) is 1.56. The van der Waals surface area contributed by atoms with Crippen LogP contribution < -0.4 is 10.1 Å². The van der Waals surface area contributed by atoms with Crippen LogP contribution in [0.2, 0.25) is 0 Å². The third-order valence-electron chi connectivity index (χ3n) is 4.39. The van der Waals surface area contributed by atoms with Crippen molar-refractivity contribution in [1.29, 1.82) is 0 Å². The highest BCUT2D eigenvalue weighted by Gasteiger charge is 2.31. The maximum Gasteiger partial charge on any atom is 0.318 e. The summed E-state index contributed by atoms with van der Waals surface area (Å²) in [6.07, 6.45) is 1.37. The fraction of sp³-hybridized carbons (Fsp3) is 0.438. The van der Waals surface area contributed by atoms with E-state index in [1.165, 1.54) is 0 Å². The summed E-state index contributed by atoms with van der Waals surface area (Å²) >= 11 is 0. The standard InChI is InChI=1S/C16H19N5O3/c1-20-10-17-19-15(20)14-8-21(6-7-23-14)16(22)18-12-9-24-13-5-3-2-4-11(12)13/h2-5,10,12,14H,6-9H2,1H3,(H,18,22)/t12-,14-/m0/s1. The Kier molecular flexibility index (Phi) is 3.81. The van der Waals surface area contributed by atoms with Gasteiger partial charge in [-0.05, 0) is 6.07 Å². The van der Waals surface area contributed by atoms with E-state index in [1.54, 1.807) is 11.2 Å². The second-order valence-electron chi connectivity index (χ2n) is 5.96. The molecular formula is C16H19N5O3. The summed E-state index contributed by atoms with van der Waals surface area (Å²) in [6, 6.07) is 7.54. The summed E-state index contributed by atoms with van der Waals surface area (Å²) in [7, 11) is 1.87. The molecule has 0 spiro atoms. The van der Waals surface area contributed by atoms with Gasteiger partial charge in [0.15, 0.2) is 5.82 Å². The Morgan fingerprint density at radius 1 is 1.38 bits per heavy atom. The molecule has 2 amide bonds. The minimum absolute atomic E-state index is 0.115. The average molecular weight is 329 g/mol. The smallest absolute Gasteiger partial charge is 0.318 e. The molecule has 1 saturated heterocycles. The van der Waals surface area contributed by atoms with Crippen molar-refractivity contribution in [3.8, 4) is 5.75 Å². The monoisotopic (exact) mass is 329 g/mol. The molecule has 2 aliphatic rings. The lowest BCUT2D eigenvalue weighted by Crippen LogP contribution is -2.48. The lowest BCUT2D eigenvalue weighted by molar-refractivity contribution is -0.0218. The molecule has 0 unspecified atom stereocenters. The second-order valence-corrected chi connectivity index (χ2v) is 5.96. The van der Waals surface area contributed by atoms with Crippen molar-refractivity contribution in [3.05, 3.63) is 42.0 Å². The molecule has 0 bridgehead atoms. The third kappa shape index (κ3) is 2.69. The molecule has 2 atom stereocenters. The van der Waals surface area contributed by atoms with E-state index in [0.717, 1.165) is 17.1 Å². The predicted octanol–water partition coefficient (Wildman–Crippen LogP) is 1.03. The number of urea groups is 1. The van der Waals surface area contributed by atoms with Crippen LogP contribution >= 0.6 is 0 Å². The number of rotatable bonds is 2. The zero-order chi connectivity index (χ0) is 16.5. The Balaban J connectivity index is 1.43. The number of benzene rings is 1. The Morgan fingerprint density at radius 2 is 2.25 bits per heavy atom. The second kappa shape index (κ2) is 6.12. The largest absolute Gasteiger partial charge is 0.491 e. The summed E-state index contributed by atoms with van der Waals surface area (Å²) in [6.45, 7) is 1.94. The highest BCUT2D eigenvalue weighted by atomic mass is 16.5. The van der Waals surface area contributed by atoms with Crippen molar-refractivity contribution in [2.45, 2.75) is 12.1 Å². The molecule has 4 rings (SSSR count). The number of hydrogen-bond acceptors (Lipinski definition) is 5. The number of fused-ring (bicyclic) bond motifs is 1. The number of amides is 2. The first-order valence-electron chi connectivity index (χ1n) is 7.95. The minimum atomic E-state index is -0.260. The number of carbonyl (C=O) groups excluding carboxylic acids is 1. The number of nitrogens with zero attached hydrogens (tertiary/aromatic N) is 4. The maximum atomic E-state index is 12.6. The Labute approximate surface area is 139 Å². The van der Waals surface area contributed by atoms with Crippen LogP contribution in [0.5, 0.6) is 5.75 Å². The van der Waals surface area contributed by atoms with Crippen LogP contribution in [0.15, 0.2) is 30.6 Å². The van der Waals surface area contributed by atoms with Crippen LogP contribution in [-0.2, 0) is 11.8 Å². The lowest BCUT2D eigenvalue weighted by Gasteiger charge is -2.33. The van der Waals surface area contributed by atoms with Gasteiger partial charge in [-0.15, -0.1) is 10.2 Å². The Hall–Kier alpha value is -2.61. The van der Waals surface area contributed by atoms with E-state index in [1.807, 2.05) is 35.9 Å². The molecule has 1 N–H and O–H groups in total. The Morgan fingerprint density at radius 3 is 3.08 bits per heavy atom. The van der Waals surface area contributed by atoms with Gasteiger partial charge in [0.25, 0.3) is 0 Å². The van der Waals surface area contributed by atoms with Gasteiger partial charge in [0.2, 0.25) is 0 Å². The van der Waals surface area contributed by atoms with E-state index in [4.69, 9.17) is 9.47 Å². The molecule has 1 aromatic heterocycles. The Bertz CT molecular complexity index is 747. The van der Waals surface area contributed by atoms with E-state index in [0.29, 0.717) is 26.3 Å². The van der Waals surface area contributed by atoms with Crippen molar-refractivity contribution >= 4 is 6.03 Å². The third-order valence-corrected chi connectivity index (χ3v) is 4.39. The maximum absolute atomic E-state index is 12.6. The molecule has 0 radical (unpaired) electrons. The van der Waals surface area contributed by atoms with E-state index >= 15 is 0 Å². The normalized spacial score (nSPS) is 22.8. The van der Waals surface area contributed by atoms with Gasteiger partial charge in [0.05, 0.1) is 19.2 Å². The highest BCUT2D eigenvalue weighted by Crippen LogP contribution is 2.32. The SMILES string of the molecule is Cn1cnnc1[C@@H]1CN(C(=O)N[C@H]2COc3ccccc32)CCO1. The number of aryl methyl sites for hydroxylation is 1. The van der Waals surface area contributed by atoms with Crippen LogP contribution in [0.3, 0.4) is 0 Å². The summed E-state index contributed by atoms with van der Waals surface area (Å²) in [5, 5.41) is 11.0. The number of carbonyl (C=O) groups is 1. The fourth-order valence-corrected chi connectivity index (χ4v) is 3.10. The van der Waals surface area contributed by atoms with Gasteiger partial charge in [0.1, 0.15) is 24.8 Å². The van der Waals surface area contributed by atoms with Gasteiger partial charge >= 0.3 is 6.03 Å². The first kappa shape index (κ1) is 14.9. The van der Waals surface area contributed by atoms with E-state index in [9.17, 15) is 4.79 Å². The van der Waals surface area contributed by atoms with Gasteiger partial charge < -0.3 is 24.3 Å². The molecule has 126 valence electrons. The lowest BCUT2D eigenvalue weighted by atomic mass is 10.1. The molecule has 2 aliphatic heterocycles. The van der Waals surface area contributed by atoms with E-state index < -0.39 is 0 Å². The van der Waals surface area contributed by atoms with Crippen molar-refractivity contribution in [1.82, 2.24) is 25.0 Å². The molecular weight excluding hydrogens is 310 g/mol. The molecule has 1 fully saturated rings. The highest BCUT2D eigenvalue weighted by molar-refractivity contribution is 5.75. The van der Waals surface area contributed by atoms with Crippen molar-refractivity contribution in [3.63, 3.8) is 0 Å². The first-order chi connectivity index (χ1) is 11.7. The van der Waals surface area contributed by atoms with Gasteiger partial charge in [-0.25, -0.2) is 4.79 Å². The topological polar surface area (TPSA) is 81.5 Å². The van der Waals surface area contributed by atoms with Gasteiger partial charge in [-0.1, -0.05) is 18.2 Å². The number of hydrogen-bond donors (Lipinski definition) is 1. The van der Waals surface area contributed by atoms with Crippen molar-refractivity contribution in [2.75, 3.05) is 26.3 Å². The van der Waals surface area contributed by atoms with E-state index in [-0.39, 0.29) is 18.2 Å². The zero-order valence-electron chi connectivity index (χ0n) is 13.4. The molecule has 24 heavy (non-hydrogen) atoms. The van der Waals surface area contributed by atoms with Crippen molar-refractivity contribution < 1.29 is 14.3 Å². The predicted molar refractivity (Wildman–Crippen MR) is 84.5 cm³/mol. The molecule has 0 saturated carbocycles. The van der Waals surface area contributed by atoms with E-state index in [2.05, 4.69) is 15.5 Å². The number of morpholine rings is 1. The number of nitrogens with one attached hydrogen (secondary N) is 1.